The van der Waals surface area contributed by atoms with Gasteiger partial charge in [0.05, 0.1) is 27.2 Å². The average molecular weight is 558 g/mol. The lowest BCUT2D eigenvalue weighted by molar-refractivity contribution is -0.292. The smallest absolute Gasteiger partial charge is 0.456 e. The van der Waals surface area contributed by atoms with Crippen LogP contribution >= 0.6 is 0 Å². The van der Waals surface area contributed by atoms with Gasteiger partial charge in [0.1, 0.15) is 11.2 Å². The van der Waals surface area contributed by atoms with Gasteiger partial charge in [0.25, 0.3) is 0 Å². The third-order valence-corrected chi connectivity index (χ3v) is 8.10. The minimum absolute atomic E-state index is 0.181. The SMILES string of the molecule is O=C(OCC(F)(F)C(F)(F)F)c1ccc([S+](c2ccccc2)c2ccc3oc4ccccc4c(=O)c3c2)cc1. The van der Waals surface area contributed by atoms with Gasteiger partial charge in [-0.25, -0.2) is 4.79 Å². The summed E-state index contributed by atoms with van der Waals surface area (Å²) in [6.07, 6.45) is -5.83. The molecule has 1 unspecified atom stereocenters. The van der Waals surface area contributed by atoms with E-state index in [2.05, 4.69) is 4.74 Å². The summed E-state index contributed by atoms with van der Waals surface area (Å²) in [7, 11) is -0.765. The van der Waals surface area contributed by atoms with Gasteiger partial charge in [-0.2, -0.15) is 22.0 Å². The van der Waals surface area contributed by atoms with Crippen molar-refractivity contribution in [2.24, 2.45) is 0 Å². The Bertz CT molecular complexity index is 1710. The molecule has 0 spiro atoms. The summed E-state index contributed by atoms with van der Waals surface area (Å²) in [4.78, 5) is 27.8. The lowest BCUT2D eigenvalue weighted by Gasteiger charge is -2.19. The number of carbonyl (C=O) groups is 1. The van der Waals surface area contributed by atoms with Crippen molar-refractivity contribution in [1.29, 1.82) is 0 Å². The fourth-order valence-electron chi connectivity index (χ4n) is 3.92. The molecular formula is C29H18F5O4S+. The van der Waals surface area contributed by atoms with Gasteiger partial charge in [0.2, 0.25) is 5.43 Å². The van der Waals surface area contributed by atoms with E-state index < -0.39 is 35.6 Å². The van der Waals surface area contributed by atoms with E-state index in [0.717, 1.165) is 9.79 Å². The molecule has 0 N–H and O–H groups in total. The van der Waals surface area contributed by atoms with E-state index in [9.17, 15) is 31.5 Å². The number of ether oxygens (including phenoxy) is 1. The molecule has 0 saturated heterocycles. The quantitative estimate of drug-likeness (QED) is 0.0945. The fourth-order valence-corrected chi connectivity index (χ4v) is 6.02. The van der Waals surface area contributed by atoms with Crippen LogP contribution in [0.2, 0.25) is 0 Å². The molecule has 198 valence electrons. The third-order valence-electron chi connectivity index (χ3n) is 5.89. The number of rotatable bonds is 6. The molecular weight excluding hydrogens is 539 g/mol. The maximum Gasteiger partial charge on any atom is 0.456 e. The molecule has 4 aromatic carbocycles. The zero-order valence-electron chi connectivity index (χ0n) is 19.9. The highest BCUT2D eigenvalue weighted by molar-refractivity contribution is 7.97. The molecule has 0 aliphatic carbocycles. The van der Waals surface area contributed by atoms with Crippen LogP contribution in [-0.4, -0.2) is 24.7 Å². The van der Waals surface area contributed by atoms with Crippen molar-refractivity contribution in [2.75, 3.05) is 6.61 Å². The van der Waals surface area contributed by atoms with E-state index in [4.69, 9.17) is 4.42 Å². The van der Waals surface area contributed by atoms with Gasteiger partial charge in [-0.3, -0.25) is 4.79 Å². The molecule has 0 bridgehead atoms. The highest BCUT2D eigenvalue weighted by Gasteiger charge is 2.58. The fraction of sp³-hybridized carbons (Fsp3) is 0.103. The molecule has 0 amide bonds. The van der Waals surface area contributed by atoms with E-state index in [-0.39, 0.29) is 11.0 Å². The topological polar surface area (TPSA) is 56.5 Å². The summed E-state index contributed by atoms with van der Waals surface area (Å²) >= 11 is 0. The molecule has 10 heteroatoms. The van der Waals surface area contributed by atoms with Gasteiger partial charge in [-0.1, -0.05) is 30.3 Å². The number of esters is 1. The molecule has 0 saturated carbocycles. The molecule has 0 aliphatic rings. The monoisotopic (exact) mass is 557 g/mol. The third kappa shape index (κ3) is 5.24. The molecule has 5 aromatic rings. The van der Waals surface area contributed by atoms with Crippen LogP contribution in [0.3, 0.4) is 0 Å². The van der Waals surface area contributed by atoms with Crippen LogP contribution in [0.15, 0.2) is 121 Å². The summed E-state index contributed by atoms with van der Waals surface area (Å²) < 4.78 is 73.6. The lowest BCUT2D eigenvalue weighted by Crippen LogP contribution is -2.41. The van der Waals surface area contributed by atoms with Crippen LogP contribution in [0.4, 0.5) is 22.0 Å². The van der Waals surface area contributed by atoms with Crippen LogP contribution in [0, 0.1) is 0 Å². The van der Waals surface area contributed by atoms with Gasteiger partial charge >= 0.3 is 18.1 Å². The van der Waals surface area contributed by atoms with E-state index >= 15 is 0 Å². The first-order valence-electron chi connectivity index (χ1n) is 11.5. The maximum atomic E-state index is 13.2. The van der Waals surface area contributed by atoms with Crippen molar-refractivity contribution < 1.29 is 35.9 Å². The second-order valence-electron chi connectivity index (χ2n) is 8.51. The first-order valence-corrected chi connectivity index (χ1v) is 12.7. The number of para-hydroxylation sites is 1. The summed E-state index contributed by atoms with van der Waals surface area (Å²) in [5.41, 5.74) is 0.533. The van der Waals surface area contributed by atoms with Crippen LogP contribution in [0.1, 0.15) is 10.4 Å². The van der Waals surface area contributed by atoms with Crippen LogP contribution in [-0.2, 0) is 15.6 Å². The van der Waals surface area contributed by atoms with Crippen molar-refractivity contribution in [3.05, 3.63) is 113 Å². The average Bonchev–Trinajstić information content (AvgIpc) is 2.93. The zero-order chi connectivity index (χ0) is 27.8. The summed E-state index contributed by atoms with van der Waals surface area (Å²) in [5.74, 6) is -6.46. The Balaban J connectivity index is 1.51. The van der Waals surface area contributed by atoms with E-state index in [1.54, 1.807) is 48.5 Å². The van der Waals surface area contributed by atoms with Gasteiger partial charge in [0.15, 0.2) is 21.3 Å². The van der Waals surface area contributed by atoms with Crippen molar-refractivity contribution in [3.63, 3.8) is 0 Å². The van der Waals surface area contributed by atoms with E-state index in [1.165, 1.54) is 12.1 Å². The molecule has 4 nitrogen and oxygen atoms in total. The van der Waals surface area contributed by atoms with Gasteiger partial charge < -0.3 is 9.15 Å². The number of benzene rings is 4. The van der Waals surface area contributed by atoms with E-state index in [0.29, 0.717) is 26.8 Å². The first-order chi connectivity index (χ1) is 18.5. The van der Waals surface area contributed by atoms with Gasteiger partial charge in [-0.15, -0.1) is 0 Å². The summed E-state index contributed by atoms with van der Waals surface area (Å²) in [5, 5.41) is 0.839. The largest absolute Gasteiger partial charge is 0.456 e. The minimum atomic E-state index is -5.83. The Kier molecular flexibility index (Phi) is 6.90. The number of hydrogen-bond donors (Lipinski definition) is 0. The second-order valence-corrected chi connectivity index (χ2v) is 10.5. The summed E-state index contributed by atoms with van der Waals surface area (Å²) in [6, 6.07) is 27.3. The number of fused-ring (bicyclic) bond motifs is 2. The molecule has 39 heavy (non-hydrogen) atoms. The molecule has 1 aromatic heterocycles. The van der Waals surface area contributed by atoms with E-state index in [1.807, 2.05) is 36.4 Å². The van der Waals surface area contributed by atoms with Gasteiger partial charge in [-0.05, 0) is 60.7 Å². The lowest BCUT2D eigenvalue weighted by atomic mass is 10.1. The number of carbonyl (C=O) groups excluding carboxylic acids is 1. The van der Waals surface area contributed by atoms with Crippen molar-refractivity contribution in [2.45, 2.75) is 26.8 Å². The van der Waals surface area contributed by atoms with Crippen LogP contribution in [0.5, 0.6) is 0 Å². The standard InChI is InChI=1S/C29H18F5O4S/c30-28(31,29(32,33)34)17-37-27(36)18-10-12-20(13-11-18)39(19-6-2-1-3-7-19)21-14-15-25-23(16-21)26(35)22-8-4-5-9-24(22)38-25/h1-16H,17H2/q+1. The van der Waals surface area contributed by atoms with Gasteiger partial charge in [0, 0.05) is 6.07 Å². The molecule has 0 radical (unpaired) electrons. The normalized spacial score (nSPS) is 12.9. The molecule has 1 heterocycles. The first kappa shape index (κ1) is 26.4. The molecule has 0 aliphatic heterocycles. The van der Waals surface area contributed by atoms with Crippen LogP contribution < -0.4 is 5.43 Å². The highest BCUT2D eigenvalue weighted by atomic mass is 32.2. The minimum Gasteiger partial charge on any atom is -0.456 e. The van der Waals surface area contributed by atoms with Crippen molar-refractivity contribution in [1.82, 2.24) is 0 Å². The van der Waals surface area contributed by atoms with Crippen molar-refractivity contribution >= 4 is 38.8 Å². The summed E-state index contributed by atoms with van der Waals surface area (Å²) in [6.45, 7) is -2.11. The molecule has 1 atom stereocenters. The molecule has 0 fully saturated rings. The highest BCUT2D eigenvalue weighted by Crippen LogP contribution is 2.36. The molecule has 5 rings (SSSR count). The Labute approximate surface area is 221 Å². The second kappa shape index (κ2) is 10.2. The van der Waals surface area contributed by atoms with Crippen molar-refractivity contribution in [3.8, 4) is 0 Å². The Morgan fingerprint density at radius 1 is 0.718 bits per heavy atom. The Morgan fingerprint density at radius 2 is 1.31 bits per heavy atom. The Hall–Kier alpha value is -4.18. The predicted octanol–water partition coefficient (Wildman–Crippen LogP) is 7.40. The van der Waals surface area contributed by atoms with Crippen LogP contribution in [0.25, 0.3) is 21.9 Å². The Morgan fingerprint density at radius 3 is 2.00 bits per heavy atom. The predicted molar refractivity (Wildman–Crippen MR) is 136 cm³/mol. The maximum absolute atomic E-state index is 13.2. The number of hydrogen-bond acceptors (Lipinski definition) is 4. The number of alkyl halides is 5. The number of halogens is 5. The zero-order valence-corrected chi connectivity index (χ0v) is 20.7.